The van der Waals surface area contributed by atoms with Crippen LogP contribution < -0.4 is 9.64 Å². The third kappa shape index (κ3) is 4.64. The minimum absolute atomic E-state index is 0.0389. The molecular formula is C23H27N3O3S. The number of hydrogen-bond acceptors (Lipinski definition) is 6. The molecule has 2 heterocycles. The van der Waals surface area contributed by atoms with Gasteiger partial charge in [-0.15, -0.1) is 0 Å². The van der Waals surface area contributed by atoms with E-state index in [0.29, 0.717) is 18.7 Å². The summed E-state index contributed by atoms with van der Waals surface area (Å²) >= 11 is 1.57. The van der Waals surface area contributed by atoms with Crippen LogP contribution in [0.2, 0.25) is 0 Å². The van der Waals surface area contributed by atoms with Crippen LogP contribution in [0.1, 0.15) is 22.8 Å². The van der Waals surface area contributed by atoms with E-state index in [2.05, 4.69) is 24.0 Å². The minimum Gasteiger partial charge on any atom is -0.494 e. The number of nitrogens with zero attached hydrogens (tertiary/aromatic N) is 3. The number of benzene rings is 2. The quantitative estimate of drug-likeness (QED) is 0.573. The van der Waals surface area contributed by atoms with Crippen LogP contribution in [0.3, 0.4) is 0 Å². The van der Waals surface area contributed by atoms with Gasteiger partial charge in [-0.05, 0) is 49.7 Å². The highest BCUT2D eigenvalue weighted by molar-refractivity contribution is 7.22. The summed E-state index contributed by atoms with van der Waals surface area (Å²) in [7, 11) is 0. The van der Waals surface area contributed by atoms with Gasteiger partial charge in [-0.3, -0.25) is 14.6 Å². The van der Waals surface area contributed by atoms with Crippen LogP contribution in [-0.2, 0) is 4.74 Å². The highest BCUT2D eigenvalue weighted by atomic mass is 32.1. The first-order valence-corrected chi connectivity index (χ1v) is 11.2. The number of aryl methyl sites for hydroxylation is 1. The maximum Gasteiger partial charge on any atom is 0.260 e. The zero-order valence-electron chi connectivity index (χ0n) is 17.5. The zero-order valence-corrected chi connectivity index (χ0v) is 18.3. The summed E-state index contributed by atoms with van der Waals surface area (Å²) in [4.78, 5) is 22.4. The van der Waals surface area contributed by atoms with E-state index in [1.54, 1.807) is 11.3 Å². The van der Waals surface area contributed by atoms with Gasteiger partial charge < -0.3 is 9.47 Å². The first-order chi connectivity index (χ1) is 14.7. The highest BCUT2D eigenvalue weighted by Crippen LogP contribution is 2.31. The molecule has 1 saturated heterocycles. The highest BCUT2D eigenvalue weighted by Gasteiger charge is 2.23. The second kappa shape index (κ2) is 9.55. The fourth-order valence-electron chi connectivity index (χ4n) is 3.56. The van der Waals surface area contributed by atoms with Gasteiger partial charge in [-0.2, -0.15) is 0 Å². The van der Waals surface area contributed by atoms with Crippen molar-refractivity contribution in [2.24, 2.45) is 0 Å². The van der Waals surface area contributed by atoms with Gasteiger partial charge in [0.15, 0.2) is 5.13 Å². The van der Waals surface area contributed by atoms with Crippen molar-refractivity contribution in [3.63, 3.8) is 0 Å². The fraction of sp³-hybridized carbons (Fsp3) is 0.391. The second-order valence-electron chi connectivity index (χ2n) is 7.29. The van der Waals surface area contributed by atoms with E-state index in [4.69, 9.17) is 14.5 Å². The number of morpholine rings is 1. The summed E-state index contributed by atoms with van der Waals surface area (Å²) < 4.78 is 12.1. The molecule has 3 aromatic rings. The van der Waals surface area contributed by atoms with Crippen molar-refractivity contribution in [2.75, 3.05) is 50.9 Å². The SMILES string of the molecule is CCOc1ccc(C(=O)N(CCN2CCOCC2)c2nc3c(C)cccc3s2)cc1. The van der Waals surface area contributed by atoms with E-state index < -0.39 is 0 Å². The number of hydrogen-bond donors (Lipinski definition) is 0. The number of amides is 1. The number of anilines is 1. The molecule has 0 atom stereocenters. The standard InChI is InChI=1S/C23H27N3O3S/c1-3-29-19-9-7-18(8-10-19)22(27)26(12-11-25-13-15-28-16-14-25)23-24-21-17(2)5-4-6-20(21)30-23/h4-10H,3,11-16H2,1-2H3. The third-order valence-corrected chi connectivity index (χ3v) is 6.28. The van der Waals surface area contributed by atoms with Gasteiger partial charge in [0.1, 0.15) is 5.75 Å². The topological polar surface area (TPSA) is 54.9 Å². The molecule has 1 fully saturated rings. The third-order valence-electron chi connectivity index (χ3n) is 5.24. The number of carbonyl (C=O) groups is 1. The number of para-hydroxylation sites is 1. The van der Waals surface area contributed by atoms with Crippen molar-refractivity contribution < 1.29 is 14.3 Å². The van der Waals surface area contributed by atoms with Gasteiger partial charge >= 0.3 is 0 Å². The lowest BCUT2D eigenvalue weighted by Crippen LogP contribution is -2.43. The Morgan fingerprint density at radius 2 is 1.97 bits per heavy atom. The van der Waals surface area contributed by atoms with Crippen LogP contribution in [-0.4, -0.2) is 61.8 Å². The average Bonchev–Trinajstić information content (AvgIpc) is 3.21. The summed E-state index contributed by atoms with van der Waals surface area (Å²) in [6, 6.07) is 13.5. The molecule has 1 amide bonds. The summed E-state index contributed by atoms with van der Waals surface area (Å²) in [5.41, 5.74) is 2.72. The normalized spacial score (nSPS) is 14.7. The lowest BCUT2D eigenvalue weighted by atomic mass is 10.2. The van der Waals surface area contributed by atoms with E-state index in [0.717, 1.165) is 59.5 Å². The molecule has 4 rings (SSSR count). The van der Waals surface area contributed by atoms with Gasteiger partial charge in [0.2, 0.25) is 0 Å². The average molecular weight is 426 g/mol. The largest absolute Gasteiger partial charge is 0.494 e. The molecule has 2 aromatic carbocycles. The summed E-state index contributed by atoms with van der Waals surface area (Å²) in [5.74, 6) is 0.729. The van der Waals surface area contributed by atoms with Crippen molar-refractivity contribution in [3.8, 4) is 5.75 Å². The molecular weight excluding hydrogens is 398 g/mol. The van der Waals surface area contributed by atoms with Gasteiger partial charge in [-0.25, -0.2) is 4.98 Å². The van der Waals surface area contributed by atoms with Gasteiger partial charge in [0.05, 0.1) is 30.0 Å². The monoisotopic (exact) mass is 425 g/mol. The van der Waals surface area contributed by atoms with Gasteiger partial charge in [0.25, 0.3) is 5.91 Å². The molecule has 7 heteroatoms. The zero-order chi connectivity index (χ0) is 20.9. The van der Waals surface area contributed by atoms with Crippen molar-refractivity contribution in [1.82, 2.24) is 9.88 Å². The number of carbonyl (C=O) groups excluding carboxylic acids is 1. The lowest BCUT2D eigenvalue weighted by Gasteiger charge is -2.29. The molecule has 0 unspecified atom stereocenters. The molecule has 0 N–H and O–H groups in total. The van der Waals surface area contributed by atoms with E-state index >= 15 is 0 Å². The molecule has 1 aliphatic rings. The van der Waals surface area contributed by atoms with Crippen molar-refractivity contribution in [1.29, 1.82) is 0 Å². The van der Waals surface area contributed by atoms with Crippen molar-refractivity contribution >= 4 is 32.6 Å². The molecule has 0 aliphatic carbocycles. The van der Waals surface area contributed by atoms with E-state index in [1.165, 1.54) is 0 Å². The van der Waals surface area contributed by atoms with Crippen molar-refractivity contribution in [3.05, 3.63) is 53.6 Å². The number of ether oxygens (including phenoxy) is 2. The molecule has 30 heavy (non-hydrogen) atoms. The maximum atomic E-state index is 13.5. The fourth-order valence-corrected chi connectivity index (χ4v) is 4.62. The first kappa shape index (κ1) is 20.8. The number of fused-ring (bicyclic) bond motifs is 1. The Hall–Kier alpha value is -2.48. The van der Waals surface area contributed by atoms with E-state index in [-0.39, 0.29) is 5.91 Å². The molecule has 6 nitrogen and oxygen atoms in total. The maximum absolute atomic E-state index is 13.5. The second-order valence-corrected chi connectivity index (χ2v) is 8.30. The van der Waals surface area contributed by atoms with E-state index in [9.17, 15) is 4.79 Å². The molecule has 158 valence electrons. The Balaban J connectivity index is 1.61. The molecule has 1 aromatic heterocycles. The summed E-state index contributed by atoms with van der Waals surface area (Å²) in [6.45, 7) is 9.25. The van der Waals surface area contributed by atoms with Gasteiger partial charge in [0, 0.05) is 31.7 Å². The first-order valence-electron chi connectivity index (χ1n) is 10.4. The van der Waals surface area contributed by atoms with Crippen LogP contribution in [0, 0.1) is 6.92 Å². The Morgan fingerprint density at radius 1 is 1.20 bits per heavy atom. The van der Waals surface area contributed by atoms with Crippen LogP contribution in [0.15, 0.2) is 42.5 Å². The predicted molar refractivity (Wildman–Crippen MR) is 121 cm³/mol. The predicted octanol–water partition coefficient (Wildman–Crippen LogP) is 3.98. The molecule has 0 radical (unpaired) electrons. The van der Waals surface area contributed by atoms with Crippen LogP contribution in [0.25, 0.3) is 10.2 Å². The number of aromatic nitrogens is 1. The Labute approximate surface area is 181 Å². The van der Waals surface area contributed by atoms with Gasteiger partial charge in [-0.1, -0.05) is 23.5 Å². The van der Waals surface area contributed by atoms with E-state index in [1.807, 2.05) is 42.2 Å². The smallest absolute Gasteiger partial charge is 0.260 e. The van der Waals surface area contributed by atoms with Crippen LogP contribution >= 0.6 is 11.3 Å². The summed E-state index contributed by atoms with van der Waals surface area (Å²) in [5, 5.41) is 0.742. The number of rotatable bonds is 7. The molecule has 1 aliphatic heterocycles. The molecule has 0 bridgehead atoms. The molecule has 0 saturated carbocycles. The van der Waals surface area contributed by atoms with Crippen molar-refractivity contribution in [2.45, 2.75) is 13.8 Å². The Bertz CT molecular complexity index is 997. The Kier molecular flexibility index (Phi) is 6.62. The number of thiazole rings is 1. The summed E-state index contributed by atoms with van der Waals surface area (Å²) in [6.07, 6.45) is 0. The Morgan fingerprint density at radius 3 is 2.67 bits per heavy atom. The molecule has 0 spiro atoms. The van der Waals surface area contributed by atoms with Crippen LogP contribution in [0.4, 0.5) is 5.13 Å². The lowest BCUT2D eigenvalue weighted by molar-refractivity contribution is 0.0391. The minimum atomic E-state index is -0.0389. The van der Waals surface area contributed by atoms with Crippen LogP contribution in [0.5, 0.6) is 5.75 Å².